The Hall–Kier alpha value is -2.23. The summed E-state index contributed by atoms with van der Waals surface area (Å²) in [6.45, 7) is 3.42. The summed E-state index contributed by atoms with van der Waals surface area (Å²) in [6.07, 6.45) is 4.58. The molecule has 1 aromatic heterocycles. The van der Waals surface area contributed by atoms with Crippen LogP contribution in [-0.2, 0) is 6.42 Å². The molecule has 0 radical (unpaired) electrons. The van der Waals surface area contributed by atoms with Crippen molar-refractivity contribution < 1.29 is 4.74 Å². The number of nitrogen functional groups attached to an aromatic ring is 1. The molecule has 2 aromatic rings. The van der Waals surface area contributed by atoms with Gasteiger partial charge in [-0.1, -0.05) is 0 Å². The number of ether oxygens (including phenoxy) is 1. The molecular weight excluding hydrogens is 238 g/mol. The quantitative estimate of drug-likeness (QED) is 0.781. The minimum atomic E-state index is 0.616. The highest BCUT2D eigenvalue weighted by atomic mass is 16.5. The van der Waals surface area contributed by atoms with Gasteiger partial charge in [-0.2, -0.15) is 0 Å². The minimum Gasteiger partial charge on any atom is -0.492 e. The molecule has 4 nitrogen and oxygen atoms in total. The molecule has 1 heterocycles. The second-order valence-corrected chi connectivity index (χ2v) is 4.22. The van der Waals surface area contributed by atoms with Crippen LogP contribution in [0.15, 0.2) is 42.7 Å². The monoisotopic (exact) mass is 257 g/mol. The van der Waals surface area contributed by atoms with E-state index in [2.05, 4.69) is 10.3 Å². The van der Waals surface area contributed by atoms with E-state index in [9.17, 15) is 0 Å². The standard InChI is InChI=1S/C15H19N3O/c1-2-19-15-11-13(3-4-14(15)16)18-10-7-12-5-8-17-9-6-12/h3-6,8-9,11,18H,2,7,10,16H2,1H3. The Morgan fingerprint density at radius 3 is 2.74 bits per heavy atom. The second kappa shape index (κ2) is 6.64. The number of benzene rings is 1. The Balaban J connectivity index is 1.91. The molecular formula is C15H19N3O. The Bertz CT molecular complexity index is 514. The third kappa shape index (κ3) is 3.88. The van der Waals surface area contributed by atoms with Crippen molar-refractivity contribution in [2.45, 2.75) is 13.3 Å². The van der Waals surface area contributed by atoms with Gasteiger partial charge in [0.25, 0.3) is 0 Å². The summed E-state index contributed by atoms with van der Waals surface area (Å²) >= 11 is 0. The number of hydrogen-bond donors (Lipinski definition) is 2. The molecule has 0 bridgehead atoms. The highest BCUT2D eigenvalue weighted by Crippen LogP contribution is 2.25. The van der Waals surface area contributed by atoms with E-state index in [4.69, 9.17) is 10.5 Å². The summed E-state index contributed by atoms with van der Waals surface area (Å²) in [5.74, 6) is 0.733. The molecule has 3 N–H and O–H groups in total. The highest BCUT2D eigenvalue weighted by Gasteiger charge is 2.01. The van der Waals surface area contributed by atoms with Crippen LogP contribution in [-0.4, -0.2) is 18.1 Å². The topological polar surface area (TPSA) is 60.2 Å². The molecule has 0 aliphatic heterocycles. The van der Waals surface area contributed by atoms with Crippen molar-refractivity contribution in [1.29, 1.82) is 0 Å². The van der Waals surface area contributed by atoms with Gasteiger partial charge in [0.15, 0.2) is 0 Å². The third-order valence-electron chi connectivity index (χ3n) is 2.81. The van der Waals surface area contributed by atoms with Gasteiger partial charge in [0, 0.05) is 30.7 Å². The first kappa shape index (κ1) is 13.2. The number of pyridine rings is 1. The molecule has 19 heavy (non-hydrogen) atoms. The van der Waals surface area contributed by atoms with Crippen molar-refractivity contribution in [1.82, 2.24) is 4.98 Å². The van der Waals surface area contributed by atoms with Gasteiger partial charge in [0.2, 0.25) is 0 Å². The van der Waals surface area contributed by atoms with Gasteiger partial charge in [-0.05, 0) is 43.2 Å². The van der Waals surface area contributed by atoms with Crippen LogP contribution < -0.4 is 15.8 Å². The van der Waals surface area contributed by atoms with Gasteiger partial charge in [-0.15, -0.1) is 0 Å². The lowest BCUT2D eigenvalue weighted by molar-refractivity contribution is 0.342. The first-order valence-corrected chi connectivity index (χ1v) is 6.44. The fourth-order valence-electron chi connectivity index (χ4n) is 1.83. The first-order valence-electron chi connectivity index (χ1n) is 6.44. The zero-order chi connectivity index (χ0) is 13.5. The smallest absolute Gasteiger partial charge is 0.144 e. The number of nitrogens with zero attached hydrogens (tertiary/aromatic N) is 1. The van der Waals surface area contributed by atoms with Gasteiger partial charge in [-0.25, -0.2) is 0 Å². The predicted molar refractivity (Wildman–Crippen MR) is 78.5 cm³/mol. The van der Waals surface area contributed by atoms with Crippen LogP contribution in [0.3, 0.4) is 0 Å². The minimum absolute atomic E-state index is 0.616. The number of nitrogens with one attached hydrogen (secondary N) is 1. The van der Waals surface area contributed by atoms with Crippen LogP contribution in [0.1, 0.15) is 12.5 Å². The lowest BCUT2D eigenvalue weighted by Crippen LogP contribution is -2.05. The molecule has 100 valence electrons. The Labute approximate surface area is 113 Å². The van der Waals surface area contributed by atoms with E-state index >= 15 is 0 Å². The molecule has 0 amide bonds. The maximum Gasteiger partial charge on any atom is 0.144 e. The van der Waals surface area contributed by atoms with Crippen molar-refractivity contribution >= 4 is 11.4 Å². The number of nitrogens with two attached hydrogens (primary N) is 1. The molecule has 0 saturated carbocycles. The Morgan fingerprint density at radius 1 is 1.21 bits per heavy atom. The molecule has 1 aromatic carbocycles. The van der Waals surface area contributed by atoms with Crippen molar-refractivity contribution in [3.63, 3.8) is 0 Å². The zero-order valence-corrected chi connectivity index (χ0v) is 11.1. The van der Waals surface area contributed by atoms with Crippen molar-refractivity contribution in [2.24, 2.45) is 0 Å². The highest BCUT2D eigenvalue weighted by molar-refractivity contribution is 5.61. The van der Waals surface area contributed by atoms with E-state index < -0.39 is 0 Å². The van der Waals surface area contributed by atoms with E-state index in [1.807, 2.05) is 49.6 Å². The third-order valence-corrected chi connectivity index (χ3v) is 2.81. The molecule has 4 heteroatoms. The molecule has 0 unspecified atom stereocenters. The van der Waals surface area contributed by atoms with Crippen LogP contribution in [0.4, 0.5) is 11.4 Å². The van der Waals surface area contributed by atoms with Gasteiger partial charge in [-0.3, -0.25) is 4.98 Å². The molecule has 0 fully saturated rings. The van der Waals surface area contributed by atoms with E-state index in [-0.39, 0.29) is 0 Å². The molecule has 0 aliphatic carbocycles. The fraction of sp³-hybridized carbons (Fsp3) is 0.267. The molecule has 0 aliphatic rings. The van der Waals surface area contributed by atoms with E-state index in [0.717, 1.165) is 24.4 Å². The number of anilines is 2. The summed E-state index contributed by atoms with van der Waals surface area (Å²) in [6, 6.07) is 9.81. The number of hydrogen-bond acceptors (Lipinski definition) is 4. The average Bonchev–Trinajstić information content (AvgIpc) is 2.44. The lowest BCUT2D eigenvalue weighted by atomic mass is 10.2. The molecule has 0 spiro atoms. The van der Waals surface area contributed by atoms with Gasteiger partial charge in [0.05, 0.1) is 12.3 Å². The summed E-state index contributed by atoms with van der Waals surface area (Å²) in [7, 11) is 0. The zero-order valence-electron chi connectivity index (χ0n) is 11.1. The maximum absolute atomic E-state index is 5.84. The predicted octanol–water partition coefficient (Wildman–Crippen LogP) is 2.72. The molecule has 2 rings (SSSR count). The average molecular weight is 257 g/mol. The number of aromatic nitrogens is 1. The summed E-state index contributed by atoms with van der Waals surface area (Å²) < 4.78 is 5.47. The largest absolute Gasteiger partial charge is 0.492 e. The Morgan fingerprint density at radius 2 is 2.00 bits per heavy atom. The van der Waals surface area contributed by atoms with Crippen LogP contribution in [0.25, 0.3) is 0 Å². The summed E-state index contributed by atoms with van der Waals surface area (Å²) in [5, 5.41) is 3.36. The first-order chi connectivity index (χ1) is 9.29. The molecule has 0 saturated heterocycles. The van der Waals surface area contributed by atoms with Crippen LogP contribution in [0.2, 0.25) is 0 Å². The lowest BCUT2D eigenvalue weighted by Gasteiger charge is -2.11. The van der Waals surface area contributed by atoms with Crippen LogP contribution in [0.5, 0.6) is 5.75 Å². The second-order valence-electron chi connectivity index (χ2n) is 4.22. The van der Waals surface area contributed by atoms with Gasteiger partial charge < -0.3 is 15.8 Å². The van der Waals surface area contributed by atoms with E-state index in [0.29, 0.717) is 12.3 Å². The summed E-state index contributed by atoms with van der Waals surface area (Å²) in [5.41, 5.74) is 8.79. The van der Waals surface area contributed by atoms with Crippen LogP contribution in [0, 0.1) is 0 Å². The van der Waals surface area contributed by atoms with E-state index in [1.54, 1.807) is 0 Å². The van der Waals surface area contributed by atoms with Crippen molar-refractivity contribution in [3.8, 4) is 5.75 Å². The van der Waals surface area contributed by atoms with Gasteiger partial charge in [0.1, 0.15) is 5.75 Å². The number of rotatable bonds is 6. The van der Waals surface area contributed by atoms with Crippen molar-refractivity contribution in [2.75, 3.05) is 24.2 Å². The maximum atomic E-state index is 5.84. The molecule has 0 atom stereocenters. The Kier molecular flexibility index (Phi) is 4.61. The van der Waals surface area contributed by atoms with Crippen LogP contribution >= 0.6 is 0 Å². The van der Waals surface area contributed by atoms with E-state index in [1.165, 1.54) is 5.56 Å². The fourth-order valence-corrected chi connectivity index (χ4v) is 1.83. The van der Waals surface area contributed by atoms with Crippen molar-refractivity contribution in [3.05, 3.63) is 48.3 Å². The van der Waals surface area contributed by atoms with Gasteiger partial charge >= 0.3 is 0 Å². The normalized spacial score (nSPS) is 10.2. The SMILES string of the molecule is CCOc1cc(NCCc2ccncc2)ccc1N. The summed E-state index contributed by atoms with van der Waals surface area (Å²) in [4.78, 5) is 4.00.